The van der Waals surface area contributed by atoms with Gasteiger partial charge in [0.1, 0.15) is 12.4 Å². The molecule has 1 aromatic carbocycles. The lowest BCUT2D eigenvalue weighted by molar-refractivity contribution is -0.121. The maximum absolute atomic E-state index is 12.3. The van der Waals surface area contributed by atoms with Crippen LogP contribution in [0.2, 0.25) is 0 Å². The Balaban J connectivity index is 1.64. The second-order valence-corrected chi connectivity index (χ2v) is 6.98. The highest BCUT2D eigenvalue weighted by atomic mass is 16.5. The first-order valence-electron chi connectivity index (χ1n) is 8.84. The molecular formula is C19H25N5O3. The molecule has 144 valence electrons. The first kappa shape index (κ1) is 18.8. The quantitative estimate of drug-likeness (QED) is 0.827. The van der Waals surface area contributed by atoms with Crippen LogP contribution in [0, 0.1) is 6.92 Å². The molecule has 0 aliphatic carbocycles. The van der Waals surface area contributed by atoms with E-state index in [9.17, 15) is 9.59 Å². The van der Waals surface area contributed by atoms with E-state index < -0.39 is 0 Å². The topological polar surface area (TPSA) is 90.6 Å². The molecule has 0 spiro atoms. The SMILES string of the molecule is Cc1cc(CNC(=O)C[C@H]2COc3ccc(C(=O)N(C)C)cc3N2C)n[nH]1. The number of hydrogen-bond donors (Lipinski definition) is 2. The Morgan fingerprint density at radius 1 is 1.37 bits per heavy atom. The zero-order valence-corrected chi connectivity index (χ0v) is 16.1. The minimum absolute atomic E-state index is 0.0691. The molecule has 0 unspecified atom stereocenters. The molecule has 0 saturated heterocycles. The largest absolute Gasteiger partial charge is 0.489 e. The summed E-state index contributed by atoms with van der Waals surface area (Å²) in [7, 11) is 5.35. The highest BCUT2D eigenvalue weighted by molar-refractivity contribution is 5.95. The summed E-state index contributed by atoms with van der Waals surface area (Å²) in [5, 5.41) is 9.85. The molecule has 2 amide bonds. The van der Waals surface area contributed by atoms with Crippen LogP contribution in [0.25, 0.3) is 0 Å². The van der Waals surface area contributed by atoms with Gasteiger partial charge in [-0.2, -0.15) is 5.10 Å². The summed E-state index contributed by atoms with van der Waals surface area (Å²) in [5.74, 6) is 0.580. The summed E-state index contributed by atoms with van der Waals surface area (Å²) >= 11 is 0. The molecule has 0 fully saturated rings. The van der Waals surface area contributed by atoms with Crippen LogP contribution in [0.3, 0.4) is 0 Å². The molecule has 8 nitrogen and oxygen atoms in total. The number of nitrogens with one attached hydrogen (secondary N) is 2. The lowest BCUT2D eigenvalue weighted by atomic mass is 10.1. The minimum atomic E-state index is -0.108. The Hall–Kier alpha value is -3.03. The van der Waals surface area contributed by atoms with E-state index in [1.165, 1.54) is 4.90 Å². The van der Waals surface area contributed by atoms with E-state index in [1.54, 1.807) is 26.2 Å². The molecule has 2 heterocycles. The van der Waals surface area contributed by atoms with Crippen molar-refractivity contribution in [3.8, 4) is 5.75 Å². The lowest BCUT2D eigenvalue weighted by Gasteiger charge is -2.35. The molecule has 3 rings (SSSR count). The normalized spacial score (nSPS) is 15.7. The monoisotopic (exact) mass is 371 g/mol. The second-order valence-electron chi connectivity index (χ2n) is 6.98. The number of ether oxygens (including phenoxy) is 1. The standard InChI is InChI=1S/C19H25N5O3/c1-12-7-14(22-21-12)10-20-18(25)9-15-11-27-17-6-5-13(19(26)23(2)3)8-16(17)24(15)4/h5-8,15H,9-11H2,1-4H3,(H,20,25)(H,21,22)/t15-/m0/s1. The molecule has 1 aromatic heterocycles. The van der Waals surface area contributed by atoms with Crippen LogP contribution >= 0.6 is 0 Å². The number of fused-ring (bicyclic) bond motifs is 1. The smallest absolute Gasteiger partial charge is 0.253 e. The zero-order chi connectivity index (χ0) is 19.6. The average Bonchev–Trinajstić information content (AvgIpc) is 3.07. The Morgan fingerprint density at radius 2 is 2.15 bits per heavy atom. The lowest BCUT2D eigenvalue weighted by Crippen LogP contribution is -2.43. The van der Waals surface area contributed by atoms with E-state index in [0.717, 1.165) is 22.8 Å². The highest BCUT2D eigenvalue weighted by Gasteiger charge is 2.27. The predicted octanol–water partition coefficient (Wildman–Crippen LogP) is 1.32. The van der Waals surface area contributed by atoms with Crippen molar-refractivity contribution >= 4 is 17.5 Å². The van der Waals surface area contributed by atoms with Gasteiger partial charge in [0.05, 0.1) is 30.4 Å². The third-order valence-corrected chi connectivity index (χ3v) is 4.62. The number of nitrogens with zero attached hydrogens (tertiary/aromatic N) is 3. The van der Waals surface area contributed by atoms with E-state index in [1.807, 2.05) is 31.0 Å². The van der Waals surface area contributed by atoms with Crippen LogP contribution in [0.4, 0.5) is 5.69 Å². The molecule has 1 aliphatic heterocycles. The summed E-state index contributed by atoms with van der Waals surface area (Å²) in [6.45, 7) is 2.72. The van der Waals surface area contributed by atoms with Crippen LogP contribution < -0.4 is 15.0 Å². The number of aromatic nitrogens is 2. The van der Waals surface area contributed by atoms with Crippen molar-refractivity contribution in [1.29, 1.82) is 0 Å². The highest BCUT2D eigenvalue weighted by Crippen LogP contribution is 2.34. The number of aromatic amines is 1. The van der Waals surface area contributed by atoms with Gasteiger partial charge in [-0.15, -0.1) is 0 Å². The average molecular weight is 371 g/mol. The number of amides is 2. The summed E-state index contributed by atoms with van der Waals surface area (Å²) in [6, 6.07) is 7.17. The van der Waals surface area contributed by atoms with Gasteiger partial charge < -0.3 is 19.9 Å². The van der Waals surface area contributed by atoms with Gasteiger partial charge in [-0.3, -0.25) is 14.7 Å². The van der Waals surface area contributed by atoms with Crippen molar-refractivity contribution in [1.82, 2.24) is 20.4 Å². The number of anilines is 1. The number of likely N-dealkylation sites (N-methyl/N-ethyl adjacent to an activating group) is 1. The number of aryl methyl sites for hydroxylation is 1. The van der Waals surface area contributed by atoms with Gasteiger partial charge in [-0.1, -0.05) is 0 Å². The molecule has 8 heteroatoms. The van der Waals surface area contributed by atoms with E-state index in [-0.39, 0.29) is 17.9 Å². The third kappa shape index (κ3) is 4.21. The van der Waals surface area contributed by atoms with Crippen LogP contribution in [0.15, 0.2) is 24.3 Å². The maximum Gasteiger partial charge on any atom is 0.253 e. The van der Waals surface area contributed by atoms with Crippen molar-refractivity contribution in [2.24, 2.45) is 0 Å². The number of hydrogen-bond acceptors (Lipinski definition) is 5. The van der Waals surface area contributed by atoms with Gasteiger partial charge in [-0.05, 0) is 31.2 Å². The number of benzene rings is 1. The molecule has 2 N–H and O–H groups in total. The number of H-pyrrole nitrogens is 1. The van der Waals surface area contributed by atoms with Crippen molar-refractivity contribution in [2.75, 3.05) is 32.6 Å². The van der Waals surface area contributed by atoms with E-state index in [2.05, 4.69) is 15.5 Å². The van der Waals surface area contributed by atoms with Crippen LogP contribution in [0.5, 0.6) is 5.75 Å². The molecule has 0 radical (unpaired) electrons. The maximum atomic E-state index is 12.3. The summed E-state index contributed by atoms with van der Waals surface area (Å²) in [6.07, 6.45) is 0.297. The third-order valence-electron chi connectivity index (χ3n) is 4.62. The Morgan fingerprint density at radius 3 is 2.81 bits per heavy atom. The number of rotatable bonds is 5. The van der Waals surface area contributed by atoms with Gasteiger partial charge in [-0.25, -0.2) is 0 Å². The fourth-order valence-corrected chi connectivity index (χ4v) is 3.04. The number of carbonyl (C=O) groups is 2. The molecule has 27 heavy (non-hydrogen) atoms. The first-order chi connectivity index (χ1) is 12.8. The zero-order valence-electron chi connectivity index (χ0n) is 16.1. The molecule has 0 saturated carbocycles. The van der Waals surface area contributed by atoms with Crippen molar-refractivity contribution < 1.29 is 14.3 Å². The van der Waals surface area contributed by atoms with E-state index in [0.29, 0.717) is 25.1 Å². The molecule has 2 aromatic rings. The van der Waals surface area contributed by atoms with Gasteiger partial charge in [0.15, 0.2) is 0 Å². The molecule has 1 atom stereocenters. The summed E-state index contributed by atoms with van der Waals surface area (Å²) < 4.78 is 5.80. The van der Waals surface area contributed by atoms with Gasteiger partial charge >= 0.3 is 0 Å². The van der Waals surface area contributed by atoms with E-state index in [4.69, 9.17) is 4.74 Å². The molecular weight excluding hydrogens is 346 g/mol. The van der Waals surface area contributed by atoms with Crippen LogP contribution in [0.1, 0.15) is 28.2 Å². The summed E-state index contributed by atoms with van der Waals surface area (Å²) in [4.78, 5) is 28.1. The van der Waals surface area contributed by atoms with Crippen molar-refractivity contribution in [3.05, 3.63) is 41.2 Å². The Bertz CT molecular complexity index is 846. The Labute approximate surface area is 158 Å². The summed E-state index contributed by atoms with van der Waals surface area (Å²) in [5.41, 5.74) is 3.16. The van der Waals surface area contributed by atoms with Gasteiger partial charge in [0.25, 0.3) is 5.91 Å². The van der Waals surface area contributed by atoms with Gasteiger partial charge in [0.2, 0.25) is 5.91 Å². The molecule has 1 aliphatic rings. The van der Waals surface area contributed by atoms with E-state index >= 15 is 0 Å². The van der Waals surface area contributed by atoms with Crippen molar-refractivity contribution in [2.45, 2.75) is 25.9 Å². The first-order valence-corrected chi connectivity index (χ1v) is 8.84. The van der Waals surface area contributed by atoms with Crippen molar-refractivity contribution in [3.63, 3.8) is 0 Å². The second kappa shape index (κ2) is 7.69. The minimum Gasteiger partial charge on any atom is -0.489 e. The van der Waals surface area contributed by atoms with Gasteiger partial charge in [0, 0.05) is 32.4 Å². The van der Waals surface area contributed by atoms with Crippen LogP contribution in [-0.2, 0) is 11.3 Å². The predicted molar refractivity (Wildman–Crippen MR) is 102 cm³/mol. The Kier molecular flexibility index (Phi) is 5.34. The fourth-order valence-electron chi connectivity index (χ4n) is 3.04. The molecule has 0 bridgehead atoms. The van der Waals surface area contributed by atoms with Crippen LogP contribution in [-0.4, -0.2) is 60.7 Å². The number of carbonyl (C=O) groups excluding carboxylic acids is 2. The fraction of sp³-hybridized carbons (Fsp3) is 0.421.